The van der Waals surface area contributed by atoms with E-state index in [4.69, 9.17) is 4.74 Å². The number of rotatable bonds is 7. The van der Waals surface area contributed by atoms with Crippen LogP contribution in [0.1, 0.15) is 0 Å². The van der Waals surface area contributed by atoms with Crippen molar-refractivity contribution in [3.05, 3.63) is 72.8 Å². The first kappa shape index (κ1) is 22.4. The Hall–Kier alpha value is -3.79. The van der Waals surface area contributed by atoms with Gasteiger partial charge >= 0.3 is 6.36 Å². The lowest BCUT2D eigenvalue weighted by atomic mass is 10.2. The number of amides is 1. The van der Waals surface area contributed by atoms with E-state index >= 15 is 0 Å². The SMILES string of the molecule is COc1cccc(N(CC(=O)Nc2ccc(OC(F)(F)F)cc2)c2nc3ccccc3s2)c1. The summed E-state index contributed by atoms with van der Waals surface area (Å²) in [5, 5.41) is 3.31. The third-order valence-electron chi connectivity index (χ3n) is 4.55. The van der Waals surface area contributed by atoms with Gasteiger partial charge in [0.25, 0.3) is 0 Å². The Labute approximate surface area is 191 Å². The largest absolute Gasteiger partial charge is 0.573 e. The fourth-order valence-electron chi connectivity index (χ4n) is 3.11. The van der Waals surface area contributed by atoms with Gasteiger partial charge < -0.3 is 19.7 Å². The van der Waals surface area contributed by atoms with Crippen molar-refractivity contribution in [1.29, 1.82) is 0 Å². The van der Waals surface area contributed by atoms with Gasteiger partial charge in [0, 0.05) is 17.4 Å². The predicted molar refractivity (Wildman–Crippen MR) is 121 cm³/mol. The molecule has 0 aliphatic heterocycles. The maximum atomic E-state index is 12.8. The monoisotopic (exact) mass is 473 g/mol. The van der Waals surface area contributed by atoms with Crippen LogP contribution in [-0.2, 0) is 4.79 Å². The van der Waals surface area contributed by atoms with E-state index in [0.717, 1.165) is 22.3 Å². The molecule has 4 aromatic rings. The minimum absolute atomic E-state index is 0.0756. The summed E-state index contributed by atoms with van der Waals surface area (Å²) >= 11 is 1.44. The van der Waals surface area contributed by atoms with Crippen LogP contribution in [0.3, 0.4) is 0 Å². The van der Waals surface area contributed by atoms with Crippen molar-refractivity contribution < 1.29 is 27.4 Å². The number of benzene rings is 3. The maximum absolute atomic E-state index is 12.8. The lowest BCUT2D eigenvalue weighted by Crippen LogP contribution is -2.29. The number of aromatic nitrogens is 1. The number of nitrogens with one attached hydrogen (secondary N) is 1. The zero-order valence-electron chi connectivity index (χ0n) is 17.3. The molecule has 33 heavy (non-hydrogen) atoms. The van der Waals surface area contributed by atoms with Crippen molar-refractivity contribution in [2.24, 2.45) is 0 Å². The second kappa shape index (κ2) is 9.37. The molecule has 4 rings (SSSR count). The quantitative estimate of drug-likeness (QED) is 0.358. The van der Waals surface area contributed by atoms with Gasteiger partial charge in [-0.05, 0) is 48.5 Å². The number of alkyl halides is 3. The topological polar surface area (TPSA) is 63.7 Å². The van der Waals surface area contributed by atoms with Crippen LogP contribution in [0.2, 0.25) is 0 Å². The number of halogens is 3. The Morgan fingerprint density at radius 2 is 1.79 bits per heavy atom. The number of anilines is 3. The van der Waals surface area contributed by atoms with Gasteiger partial charge in [0.15, 0.2) is 5.13 Å². The van der Waals surface area contributed by atoms with E-state index < -0.39 is 6.36 Å². The normalized spacial score (nSPS) is 11.3. The lowest BCUT2D eigenvalue weighted by molar-refractivity contribution is -0.274. The van der Waals surface area contributed by atoms with Crippen molar-refractivity contribution >= 4 is 44.0 Å². The molecular weight excluding hydrogens is 455 g/mol. The maximum Gasteiger partial charge on any atom is 0.573 e. The predicted octanol–water partition coefficient (Wildman–Crippen LogP) is 5.98. The van der Waals surface area contributed by atoms with Gasteiger partial charge in [-0.15, -0.1) is 13.2 Å². The Morgan fingerprint density at radius 3 is 2.48 bits per heavy atom. The number of fused-ring (bicyclic) bond motifs is 1. The first-order valence-corrected chi connectivity index (χ1v) is 10.6. The number of carbonyl (C=O) groups excluding carboxylic acids is 1. The summed E-state index contributed by atoms with van der Waals surface area (Å²) in [6.45, 7) is -0.0756. The summed E-state index contributed by atoms with van der Waals surface area (Å²) in [6.07, 6.45) is -4.78. The number of para-hydroxylation sites is 1. The molecule has 0 saturated heterocycles. The summed E-state index contributed by atoms with van der Waals surface area (Å²) in [5.41, 5.74) is 1.85. The number of ether oxygens (including phenoxy) is 2. The number of hydrogen-bond acceptors (Lipinski definition) is 6. The van der Waals surface area contributed by atoms with Gasteiger partial charge in [0.2, 0.25) is 5.91 Å². The van der Waals surface area contributed by atoms with Crippen LogP contribution in [0.5, 0.6) is 11.5 Å². The van der Waals surface area contributed by atoms with Gasteiger partial charge in [-0.25, -0.2) is 4.98 Å². The highest BCUT2D eigenvalue weighted by Gasteiger charge is 2.31. The van der Waals surface area contributed by atoms with E-state index in [1.807, 2.05) is 36.4 Å². The molecule has 0 atom stereocenters. The molecule has 1 heterocycles. The van der Waals surface area contributed by atoms with Crippen LogP contribution in [0.15, 0.2) is 72.8 Å². The van der Waals surface area contributed by atoms with E-state index in [1.54, 1.807) is 24.1 Å². The smallest absolute Gasteiger partial charge is 0.497 e. The average molecular weight is 473 g/mol. The fraction of sp³-hybridized carbons (Fsp3) is 0.130. The van der Waals surface area contributed by atoms with Crippen LogP contribution in [0.4, 0.5) is 29.7 Å². The van der Waals surface area contributed by atoms with Crippen molar-refractivity contribution in [3.8, 4) is 11.5 Å². The molecule has 6 nitrogen and oxygen atoms in total. The Morgan fingerprint density at radius 1 is 1.03 bits per heavy atom. The highest BCUT2D eigenvalue weighted by molar-refractivity contribution is 7.22. The average Bonchev–Trinajstić information content (AvgIpc) is 3.22. The third kappa shape index (κ3) is 5.72. The minimum Gasteiger partial charge on any atom is -0.497 e. The molecule has 10 heteroatoms. The number of nitrogens with zero attached hydrogens (tertiary/aromatic N) is 2. The molecule has 1 aromatic heterocycles. The van der Waals surface area contributed by atoms with E-state index in [0.29, 0.717) is 22.3 Å². The number of hydrogen-bond donors (Lipinski definition) is 1. The van der Waals surface area contributed by atoms with Gasteiger partial charge in [-0.1, -0.05) is 29.5 Å². The highest BCUT2D eigenvalue weighted by atomic mass is 32.1. The van der Waals surface area contributed by atoms with Crippen LogP contribution in [0.25, 0.3) is 10.2 Å². The minimum atomic E-state index is -4.78. The third-order valence-corrected chi connectivity index (χ3v) is 5.61. The van der Waals surface area contributed by atoms with Crippen molar-refractivity contribution in [3.63, 3.8) is 0 Å². The first-order chi connectivity index (χ1) is 15.8. The second-order valence-corrected chi connectivity index (χ2v) is 7.88. The highest BCUT2D eigenvalue weighted by Crippen LogP contribution is 2.34. The van der Waals surface area contributed by atoms with Crippen LogP contribution < -0.4 is 19.7 Å². The molecule has 1 N–H and O–H groups in total. The van der Waals surface area contributed by atoms with Crippen molar-refractivity contribution in [2.45, 2.75) is 6.36 Å². The second-order valence-electron chi connectivity index (χ2n) is 6.87. The van der Waals surface area contributed by atoms with Crippen LogP contribution in [0, 0.1) is 0 Å². The number of methoxy groups -OCH3 is 1. The molecule has 0 bridgehead atoms. The Balaban J connectivity index is 1.56. The summed E-state index contributed by atoms with van der Waals surface area (Å²) in [7, 11) is 1.56. The summed E-state index contributed by atoms with van der Waals surface area (Å²) in [4.78, 5) is 19.2. The Kier molecular flexibility index (Phi) is 6.36. The zero-order chi connectivity index (χ0) is 23.4. The van der Waals surface area contributed by atoms with Gasteiger partial charge in [-0.3, -0.25) is 4.79 Å². The molecule has 1 amide bonds. The molecular formula is C23H18F3N3O3S. The van der Waals surface area contributed by atoms with Crippen LogP contribution in [-0.4, -0.2) is 30.9 Å². The van der Waals surface area contributed by atoms with E-state index in [9.17, 15) is 18.0 Å². The molecule has 0 radical (unpaired) electrons. The van der Waals surface area contributed by atoms with Gasteiger partial charge in [0.05, 0.1) is 17.3 Å². The molecule has 170 valence electrons. The molecule has 0 fully saturated rings. The standard InChI is InChI=1S/C23H18F3N3O3S/c1-31-18-6-4-5-16(13-18)29(22-28-19-7-2-3-8-20(19)33-22)14-21(30)27-15-9-11-17(12-10-15)32-23(24,25)26/h2-13H,14H2,1H3,(H,27,30). The summed E-state index contributed by atoms with van der Waals surface area (Å²) in [6, 6.07) is 19.8. The molecule has 3 aromatic carbocycles. The van der Waals surface area contributed by atoms with Crippen molar-refractivity contribution in [2.75, 3.05) is 23.9 Å². The van der Waals surface area contributed by atoms with E-state index in [-0.39, 0.29) is 18.2 Å². The Bertz CT molecular complexity index is 1230. The molecule has 0 spiro atoms. The summed E-state index contributed by atoms with van der Waals surface area (Å²) < 4.78 is 47.1. The van der Waals surface area contributed by atoms with E-state index in [1.165, 1.54) is 23.5 Å². The lowest BCUT2D eigenvalue weighted by Gasteiger charge is -2.22. The van der Waals surface area contributed by atoms with Gasteiger partial charge in [-0.2, -0.15) is 0 Å². The van der Waals surface area contributed by atoms with Crippen molar-refractivity contribution in [1.82, 2.24) is 4.98 Å². The van der Waals surface area contributed by atoms with Gasteiger partial charge in [0.1, 0.15) is 18.0 Å². The molecule has 0 unspecified atom stereocenters. The first-order valence-electron chi connectivity index (χ1n) is 9.73. The summed E-state index contributed by atoms with van der Waals surface area (Å²) in [5.74, 6) is -0.117. The number of thiazole rings is 1. The fourth-order valence-corrected chi connectivity index (χ4v) is 4.09. The number of carbonyl (C=O) groups is 1. The zero-order valence-corrected chi connectivity index (χ0v) is 18.1. The molecule has 0 aliphatic rings. The van der Waals surface area contributed by atoms with E-state index in [2.05, 4.69) is 15.0 Å². The molecule has 0 saturated carbocycles. The van der Waals surface area contributed by atoms with Crippen LogP contribution >= 0.6 is 11.3 Å². The molecule has 0 aliphatic carbocycles.